The summed E-state index contributed by atoms with van der Waals surface area (Å²) in [6, 6.07) is 5.57. The molecule has 0 aliphatic heterocycles. The number of halogens is 1. The lowest BCUT2D eigenvalue weighted by molar-refractivity contribution is 0.0954. The molecule has 3 nitrogen and oxygen atoms in total. The molecule has 0 bridgehead atoms. The van der Waals surface area contributed by atoms with Gasteiger partial charge in [-0.2, -0.15) is 5.10 Å². The van der Waals surface area contributed by atoms with Gasteiger partial charge in [0.2, 0.25) is 0 Å². The van der Waals surface area contributed by atoms with Crippen molar-refractivity contribution in [1.82, 2.24) is 5.43 Å². The Bertz CT molecular complexity index is 511. The highest BCUT2D eigenvalue weighted by atomic mass is 79.9. The van der Waals surface area contributed by atoms with Crippen molar-refractivity contribution in [3.8, 4) is 0 Å². The molecule has 1 saturated carbocycles. The number of carbonyl (C=O) groups is 1. The van der Waals surface area contributed by atoms with Crippen LogP contribution in [0.15, 0.2) is 27.8 Å². The number of carbonyl (C=O) groups excluding carboxylic acids is 1. The van der Waals surface area contributed by atoms with Crippen LogP contribution in [0.5, 0.6) is 0 Å². The average Bonchev–Trinajstić information content (AvgIpc) is 2.39. The van der Waals surface area contributed by atoms with Crippen molar-refractivity contribution in [2.45, 2.75) is 39.5 Å². The van der Waals surface area contributed by atoms with Gasteiger partial charge in [0, 0.05) is 15.7 Å². The predicted octanol–water partition coefficient (Wildman–Crippen LogP) is 4.05. The van der Waals surface area contributed by atoms with Crippen molar-refractivity contribution >= 4 is 27.5 Å². The van der Waals surface area contributed by atoms with E-state index in [0.717, 1.165) is 28.6 Å². The number of benzene rings is 1. The van der Waals surface area contributed by atoms with Crippen LogP contribution >= 0.6 is 15.9 Å². The van der Waals surface area contributed by atoms with Gasteiger partial charge in [0.05, 0.1) is 0 Å². The summed E-state index contributed by atoms with van der Waals surface area (Å²) in [6.45, 7) is 4.23. The molecular formula is C15H19BrN2O. The highest BCUT2D eigenvalue weighted by Gasteiger charge is 2.14. The standard InChI is InChI=1S/C15H19BrN2O/c1-10-4-3-5-13(8-10)17-18-15(19)12-7-6-11(2)14(16)9-12/h6-7,9-10H,3-5,8H2,1-2H3,(H,18,19)/b17-13-. The van der Waals surface area contributed by atoms with Gasteiger partial charge in [-0.15, -0.1) is 0 Å². The summed E-state index contributed by atoms with van der Waals surface area (Å²) in [7, 11) is 0. The van der Waals surface area contributed by atoms with E-state index in [2.05, 4.69) is 33.4 Å². The first-order valence-corrected chi connectivity index (χ1v) is 7.47. The van der Waals surface area contributed by atoms with Crippen LogP contribution in [0.4, 0.5) is 0 Å². The molecule has 1 aliphatic carbocycles. The Kier molecular flexibility index (Phi) is 4.75. The molecular weight excluding hydrogens is 304 g/mol. The SMILES string of the molecule is Cc1ccc(C(=O)N/N=C2/CCCC(C)C2)cc1Br. The van der Waals surface area contributed by atoms with Gasteiger partial charge in [-0.25, -0.2) is 5.43 Å². The highest BCUT2D eigenvalue weighted by molar-refractivity contribution is 9.10. The van der Waals surface area contributed by atoms with Gasteiger partial charge in [0.25, 0.3) is 5.91 Å². The Labute approximate surface area is 122 Å². The van der Waals surface area contributed by atoms with E-state index in [-0.39, 0.29) is 5.91 Å². The van der Waals surface area contributed by atoms with Crippen molar-refractivity contribution in [1.29, 1.82) is 0 Å². The summed E-state index contributed by atoms with van der Waals surface area (Å²) >= 11 is 3.43. The van der Waals surface area contributed by atoms with Gasteiger partial charge < -0.3 is 0 Å². The minimum absolute atomic E-state index is 0.147. The van der Waals surface area contributed by atoms with Crippen LogP contribution in [0, 0.1) is 12.8 Å². The normalized spacial score (nSPS) is 21.4. The van der Waals surface area contributed by atoms with E-state index < -0.39 is 0 Å². The number of hydrogen-bond acceptors (Lipinski definition) is 2. The molecule has 1 N–H and O–H groups in total. The molecule has 1 unspecified atom stereocenters. The quantitative estimate of drug-likeness (QED) is 0.820. The van der Waals surface area contributed by atoms with Gasteiger partial charge in [-0.3, -0.25) is 4.79 Å². The zero-order valence-corrected chi connectivity index (χ0v) is 13.0. The lowest BCUT2D eigenvalue weighted by Gasteiger charge is -2.18. The van der Waals surface area contributed by atoms with Crippen molar-refractivity contribution in [3.05, 3.63) is 33.8 Å². The molecule has 2 rings (SSSR count). The van der Waals surface area contributed by atoms with E-state index in [1.807, 2.05) is 25.1 Å². The average molecular weight is 323 g/mol. The van der Waals surface area contributed by atoms with Crippen LogP contribution in [0.25, 0.3) is 0 Å². The van der Waals surface area contributed by atoms with Crippen molar-refractivity contribution < 1.29 is 4.79 Å². The van der Waals surface area contributed by atoms with Crippen molar-refractivity contribution in [3.63, 3.8) is 0 Å². The zero-order valence-electron chi connectivity index (χ0n) is 11.4. The van der Waals surface area contributed by atoms with Crippen molar-refractivity contribution in [2.75, 3.05) is 0 Å². The van der Waals surface area contributed by atoms with E-state index in [1.54, 1.807) is 0 Å². The molecule has 1 aromatic rings. The summed E-state index contributed by atoms with van der Waals surface area (Å²) in [4.78, 5) is 12.0. The van der Waals surface area contributed by atoms with E-state index in [1.165, 1.54) is 12.8 Å². The van der Waals surface area contributed by atoms with Crippen LogP contribution in [-0.2, 0) is 0 Å². The predicted molar refractivity (Wildman–Crippen MR) is 81.4 cm³/mol. The number of hydrogen-bond donors (Lipinski definition) is 1. The third kappa shape index (κ3) is 3.90. The van der Waals surface area contributed by atoms with E-state index in [0.29, 0.717) is 11.5 Å². The number of nitrogens with one attached hydrogen (secondary N) is 1. The molecule has 0 aromatic heterocycles. The lowest BCUT2D eigenvalue weighted by atomic mass is 9.89. The second kappa shape index (κ2) is 6.33. The minimum atomic E-state index is -0.147. The minimum Gasteiger partial charge on any atom is -0.267 e. The second-order valence-electron chi connectivity index (χ2n) is 5.28. The fraction of sp³-hybridized carbons (Fsp3) is 0.467. The molecule has 1 aliphatic rings. The Morgan fingerprint density at radius 3 is 2.95 bits per heavy atom. The van der Waals surface area contributed by atoms with Crippen LogP contribution < -0.4 is 5.43 Å². The second-order valence-corrected chi connectivity index (χ2v) is 6.14. The molecule has 1 fully saturated rings. The van der Waals surface area contributed by atoms with Gasteiger partial charge in [0.1, 0.15) is 0 Å². The summed E-state index contributed by atoms with van der Waals surface area (Å²) in [5.41, 5.74) is 5.52. The first-order chi connectivity index (χ1) is 9.06. The topological polar surface area (TPSA) is 41.5 Å². The maximum absolute atomic E-state index is 12.0. The number of rotatable bonds is 2. The first-order valence-electron chi connectivity index (χ1n) is 6.68. The molecule has 1 amide bonds. The number of hydrazone groups is 1. The smallest absolute Gasteiger partial charge is 0.267 e. The van der Waals surface area contributed by atoms with E-state index >= 15 is 0 Å². The van der Waals surface area contributed by atoms with Crippen LogP contribution in [0.2, 0.25) is 0 Å². The zero-order chi connectivity index (χ0) is 13.8. The van der Waals surface area contributed by atoms with Crippen LogP contribution in [-0.4, -0.2) is 11.6 Å². The molecule has 102 valence electrons. The first kappa shape index (κ1) is 14.3. The van der Waals surface area contributed by atoms with Gasteiger partial charge in [-0.05, 0) is 56.2 Å². The molecule has 1 aromatic carbocycles. The Morgan fingerprint density at radius 2 is 2.26 bits per heavy atom. The fourth-order valence-electron chi connectivity index (χ4n) is 2.29. The number of nitrogens with zero attached hydrogens (tertiary/aromatic N) is 1. The molecule has 19 heavy (non-hydrogen) atoms. The molecule has 0 heterocycles. The number of amides is 1. The van der Waals surface area contributed by atoms with Crippen LogP contribution in [0.1, 0.15) is 48.5 Å². The Hall–Kier alpha value is -1.16. The molecule has 0 saturated heterocycles. The largest absolute Gasteiger partial charge is 0.271 e. The molecule has 4 heteroatoms. The summed E-state index contributed by atoms with van der Waals surface area (Å²) < 4.78 is 0.944. The third-order valence-electron chi connectivity index (χ3n) is 3.50. The molecule has 1 atom stereocenters. The maximum atomic E-state index is 12.0. The van der Waals surface area contributed by atoms with E-state index in [9.17, 15) is 4.79 Å². The Morgan fingerprint density at radius 1 is 1.47 bits per heavy atom. The Balaban J connectivity index is 2.00. The van der Waals surface area contributed by atoms with E-state index in [4.69, 9.17) is 0 Å². The monoisotopic (exact) mass is 322 g/mol. The van der Waals surface area contributed by atoms with Gasteiger partial charge in [0.15, 0.2) is 0 Å². The van der Waals surface area contributed by atoms with Gasteiger partial charge >= 0.3 is 0 Å². The highest BCUT2D eigenvalue weighted by Crippen LogP contribution is 2.21. The molecule has 0 spiro atoms. The third-order valence-corrected chi connectivity index (χ3v) is 4.35. The number of aryl methyl sites for hydroxylation is 1. The summed E-state index contributed by atoms with van der Waals surface area (Å²) in [5.74, 6) is 0.532. The fourth-order valence-corrected chi connectivity index (χ4v) is 2.67. The lowest BCUT2D eigenvalue weighted by Crippen LogP contribution is -2.22. The van der Waals surface area contributed by atoms with Crippen LogP contribution in [0.3, 0.4) is 0 Å². The molecule has 0 radical (unpaired) electrons. The van der Waals surface area contributed by atoms with Crippen molar-refractivity contribution in [2.24, 2.45) is 11.0 Å². The van der Waals surface area contributed by atoms with Gasteiger partial charge in [-0.1, -0.05) is 28.9 Å². The summed E-state index contributed by atoms with van der Waals surface area (Å²) in [5, 5.41) is 4.26. The maximum Gasteiger partial charge on any atom is 0.271 e. The summed E-state index contributed by atoms with van der Waals surface area (Å²) in [6.07, 6.45) is 4.43.